The number of amides is 1. The molecule has 0 unspecified atom stereocenters. The van der Waals surface area contributed by atoms with Gasteiger partial charge < -0.3 is 9.80 Å². The Balaban J connectivity index is 1.96. The molecule has 1 amide bonds. The van der Waals surface area contributed by atoms with Gasteiger partial charge in [0.1, 0.15) is 11.9 Å². The third-order valence-electron chi connectivity index (χ3n) is 4.99. The standard InChI is InChI=1S/C20H13BrClFN4O2/c1-9-5-16(28)25-20-26(2)18-12(8-24)17(13(21)7-15(18)27(9)20)19(29)11-6-10(23)3-4-14(11)22/h3-4,6-7,9H,5H2,1-2H3/t9-/m0/s1. The highest BCUT2D eigenvalue weighted by Crippen LogP contribution is 2.46. The summed E-state index contributed by atoms with van der Waals surface area (Å²) in [7, 11) is 1.68. The summed E-state index contributed by atoms with van der Waals surface area (Å²) in [5.74, 6) is -1.03. The third kappa shape index (κ3) is 2.93. The number of hydrogen-bond acceptors (Lipinski definition) is 5. The number of nitrogens with zero attached hydrogens (tertiary/aromatic N) is 4. The van der Waals surface area contributed by atoms with E-state index in [4.69, 9.17) is 11.6 Å². The molecule has 2 aromatic carbocycles. The first-order valence-electron chi connectivity index (χ1n) is 8.65. The molecule has 0 saturated heterocycles. The molecule has 6 nitrogen and oxygen atoms in total. The molecule has 0 fully saturated rings. The Morgan fingerprint density at radius 2 is 2.14 bits per heavy atom. The van der Waals surface area contributed by atoms with Crippen molar-refractivity contribution in [2.75, 3.05) is 16.8 Å². The molecule has 0 bridgehead atoms. The van der Waals surface area contributed by atoms with Gasteiger partial charge in [-0.05, 0) is 47.1 Å². The molecule has 29 heavy (non-hydrogen) atoms. The Bertz CT molecular complexity index is 1170. The van der Waals surface area contributed by atoms with Gasteiger partial charge in [-0.3, -0.25) is 9.59 Å². The lowest BCUT2D eigenvalue weighted by atomic mass is 9.96. The van der Waals surface area contributed by atoms with Crippen LogP contribution in [0.4, 0.5) is 15.8 Å². The molecule has 0 aliphatic carbocycles. The number of carbonyl (C=O) groups is 2. The molecular formula is C20H13BrClFN4O2. The van der Waals surface area contributed by atoms with E-state index in [1.807, 2.05) is 11.8 Å². The second kappa shape index (κ2) is 6.94. The van der Waals surface area contributed by atoms with Gasteiger partial charge in [-0.1, -0.05) is 11.6 Å². The van der Waals surface area contributed by atoms with Crippen LogP contribution in [0.5, 0.6) is 0 Å². The van der Waals surface area contributed by atoms with Crippen molar-refractivity contribution in [3.05, 3.63) is 56.3 Å². The smallest absolute Gasteiger partial charge is 0.250 e. The van der Waals surface area contributed by atoms with E-state index in [1.54, 1.807) is 18.0 Å². The van der Waals surface area contributed by atoms with Gasteiger partial charge >= 0.3 is 0 Å². The SMILES string of the molecule is C[C@H]1CC(=O)N=C2N(C)c3c(cc(Br)c(C(=O)c4cc(F)ccc4Cl)c3C#N)N21. The van der Waals surface area contributed by atoms with Crippen molar-refractivity contribution < 1.29 is 14.0 Å². The summed E-state index contributed by atoms with van der Waals surface area (Å²) in [5, 5.41) is 10.00. The maximum atomic E-state index is 13.7. The molecule has 0 N–H and O–H groups in total. The molecule has 2 aliphatic heterocycles. The van der Waals surface area contributed by atoms with Crippen molar-refractivity contribution in [3.63, 3.8) is 0 Å². The first-order valence-corrected chi connectivity index (χ1v) is 9.82. The Hall–Kier alpha value is -2.76. The molecule has 0 radical (unpaired) electrons. The van der Waals surface area contributed by atoms with Crippen molar-refractivity contribution >= 4 is 56.6 Å². The van der Waals surface area contributed by atoms with E-state index in [-0.39, 0.29) is 40.1 Å². The number of benzene rings is 2. The molecule has 0 aromatic heterocycles. The summed E-state index contributed by atoms with van der Waals surface area (Å²) in [6, 6.07) is 7.15. The fourth-order valence-corrected chi connectivity index (χ4v) is 4.52. The Morgan fingerprint density at radius 3 is 2.83 bits per heavy atom. The third-order valence-corrected chi connectivity index (χ3v) is 5.94. The highest BCUT2D eigenvalue weighted by Gasteiger charge is 2.41. The average Bonchev–Trinajstić information content (AvgIpc) is 2.94. The average molecular weight is 476 g/mol. The molecule has 2 aromatic rings. The van der Waals surface area contributed by atoms with Crippen molar-refractivity contribution in [3.8, 4) is 6.07 Å². The molecule has 0 spiro atoms. The topological polar surface area (TPSA) is 76.8 Å². The molecular weight excluding hydrogens is 463 g/mol. The summed E-state index contributed by atoms with van der Waals surface area (Å²) >= 11 is 9.50. The Labute approximate surface area is 179 Å². The molecule has 1 atom stereocenters. The highest BCUT2D eigenvalue weighted by atomic mass is 79.9. The zero-order chi connectivity index (χ0) is 21.0. The second-order valence-corrected chi connectivity index (χ2v) is 8.09. The van der Waals surface area contributed by atoms with Crippen LogP contribution in [0.15, 0.2) is 33.7 Å². The van der Waals surface area contributed by atoms with Crippen LogP contribution in [0.2, 0.25) is 5.02 Å². The van der Waals surface area contributed by atoms with Crippen LogP contribution in [0, 0.1) is 17.1 Å². The van der Waals surface area contributed by atoms with Crippen LogP contribution in [-0.2, 0) is 4.79 Å². The Kier molecular flexibility index (Phi) is 4.68. The normalized spacial score (nSPS) is 17.6. The van der Waals surface area contributed by atoms with Gasteiger partial charge in [0.05, 0.1) is 27.5 Å². The van der Waals surface area contributed by atoms with E-state index >= 15 is 0 Å². The minimum absolute atomic E-state index is 0.0388. The first kappa shape index (κ1) is 19.6. The van der Waals surface area contributed by atoms with Gasteiger partial charge in [0.25, 0.3) is 5.91 Å². The summed E-state index contributed by atoms with van der Waals surface area (Å²) < 4.78 is 14.1. The molecule has 2 heterocycles. The summed E-state index contributed by atoms with van der Waals surface area (Å²) in [6.45, 7) is 1.89. The van der Waals surface area contributed by atoms with Crippen LogP contribution in [0.25, 0.3) is 0 Å². The van der Waals surface area contributed by atoms with Crippen LogP contribution in [-0.4, -0.2) is 30.7 Å². The maximum Gasteiger partial charge on any atom is 0.250 e. The first-order chi connectivity index (χ1) is 13.7. The molecule has 9 heteroatoms. The fourth-order valence-electron chi connectivity index (χ4n) is 3.72. The number of anilines is 2. The minimum atomic E-state index is -0.607. The summed E-state index contributed by atoms with van der Waals surface area (Å²) in [4.78, 5) is 32.7. The van der Waals surface area contributed by atoms with E-state index in [0.29, 0.717) is 21.8 Å². The van der Waals surface area contributed by atoms with E-state index < -0.39 is 11.6 Å². The summed E-state index contributed by atoms with van der Waals surface area (Å²) in [6.07, 6.45) is 0.246. The number of halogens is 3. The zero-order valence-corrected chi connectivity index (χ0v) is 17.7. The van der Waals surface area contributed by atoms with E-state index in [1.165, 1.54) is 6.07 Å². The number of ketones is 1. The Morgan fingerprint density at radius 1 is 1.41 bits per heavy atom. The lowest BCUT2D eigenvalue weighted by molar-refractivity contribution is -0.118. The van der Waals surface area contributed by atoms with Crippen molar-refractivity contribution in [2.45, 2.75) is 19.4 Å². The highest BCUT2D eigenvalue weighted by molar-refractivity contribution is 9.10. The number of rotatable bonds is 2. The zero-order valence-electron chi connectivity index (χ0n) is 15.3. The second-order valence-electron chi connectivity index (χ2n) is 6.83. The number of carbonyl (C=O) groups excluding carboxylic acids is 2. The maximum absolute atomic E-state index is 13.7. The largest absolute Gasteiger partial charge is 0.312 e. The number of hydrogen-bond donors (Lipinski definition) is 0. The van der Waals surface area contributed by atoms with Crippen LogP contribution in [0.1, 0.15) is 34.8 Å². The monoisotopic (exact) mass is 474 g/mol. The predicted molar refractivity (Wildman–Crippen MR) is 111 cm³/mol. The quantitative estimate of drug-likeness (QED) is 0.606. The molecule has 0 saturated carbocycles. The molecule has 2 aliphatic rings. The number of fused-ring (bicyclic) bond motifs is 3. The van der Waals surface area contributed by atoms with Gasteiger partial charge in [-0.15, -0.1) is 0 Å². The number of guanidine groups is 1. The molecule has 4 rings (SSSR count). The van der Waals surface area contributed by atoms with Gasteiger partial charge in [0.15, 0.2) is 5.78 Å². The van der Waals surface area contributed by atoms with Crippen molar-refractivity contribution in [1.82, 2.24) is 0 Å². The number of aliphatic imine (C=N–C) groups is 1. The van der Waals surface area contributed by atoms with Gasteiger partial charge in [-0.25, -0.2) is 4.39 Å². The predicted octanol–water partition coefficient (Wildman–Crippen LogP) is 4.28. The van der Waals surface area contributed by atoms with Gasteiger partial charge in [-0.2, -0.15) is 10.3 Å². The summed E-state index contributed by atoms with van der Waals surface area (Å²) in [5.41, 5.74) is 1.26. The van der Waals surface area contributed by atoms with Crippen LogP contribution in [0.3, 0.4) is 0 Å². The van der Waals surface area contributed by atoms with Crippen LogP contribution < -0.4 is 9.80 Å². The van der Waals surface area contributed by atoms with E-state index in [9.17, 15) is 19.2 Å². The van der Waals surface area contributed by atoms with E-state index in [0.717, 1.165) is 12.1 Å². The minimum Gasteiger partial charge on any atom is -0.312 e. The van der Waals surface area contributed by atoms with E-state index in [2.05, 4.69) is 27.0 Å². The fraction of sp³-hybridized carbons (Fsp3) is 0.200. The van der Waals surface area contributed by atoms with Gasteiger partial charge in [0, 0.05) is 29.5 Å². The van der Waals surface area contributed by atoms with Gasteiger partial charge in [0.2, 0.25) is 5.96 Å². The van der Waals surface area contributed by atoms with Crippen molar-refractivity contribution in [1.29, 1.82) is 5.26 Å². The van der Waals surface area contributed by atoms with Crippen molar-refractivity contribution in [2.24, 2.45) is 4.99 Å². The number of nitriles is 1. The van der Waals surface area contributed by atoms with Crippen LogP contribution >= 0.6 is 27.5 Å². The molecule has 146 valence electrons. The lowest BCUT2D eigenvalue weighted by Gasteiger charge is -2.30. The lowest BCUT2D eigenvalue weighted by Crippen LogP contribution is -2.46.